The minimum Gasteiger partial charge on any atom is -0.366 e. The number of carbonyl (C=O) groups excluding carboxylic acids is 1. The van der Waals surface area contributed by atoms with Crippen LogP contribution in [0.5, 0.6) is 0 Å². The van der Waals surface area contributed by atoms with Crippen LogP contribution in [-0.4, -0.2) is 29.9 Å². The van der Waals surface area contributed by atoms with E-state index in [0.29, 0.717) is 0 Å². The molecule has 1 aromatic carbocycles. The molecule has 0 atom stereocenters. The third-order valence-corrected chi connectivity index (χ3v) is 6.22. The Hall–Kier alpha value is -1.61. The number of primary amides is 1. The highest BCUT2D eigenvalue weighted by molar-refractivity contribution is 6.20. The lowest BCUT2D eigenvalue weighted by molar-refractivity contribution is -0.112. The topological polar surface area (TPSA) is 46.3 Å². The number of fused-ring (bicyclic) bond motifs is 2. The lowest BCUT2D eigenvalue weighted by Crippen LogP contribution is -2.46. The van der Waals surface area contributed by atoms with Crippen molar-refractivity contribution >= 4 is 11.5 Å². The zero-order valence-corrected chi connectivity index (χ0v) is 13.8. The molecule has 0 bridgehead atoms. The average Bonchev–Trinajstić information content (AvgIpc) is 2.92. The predicted octanol–water partition coefficient (Wildman–Crippen LogP) is 3.24. The molecule has 4 rings (SSSR count). The quantitative estimate of drug-likeness (QED) is 0.911. The molecule has 3 aliphatic rings. The first kappa shape index (κ1) is 14.9. The van der Waals surface area contributed by atoms with Gasteiger partial charge in [-0.25, -0.2) is 0 Å². The van der Waals surface area contributed by atoms with Crippen molar-refractivity contribution in [3.63, 3.8) is 0 Å². The van der Waals surface area contributed by atoms with E-state index < -0.39 is 0 Å². The number of piperidine rings is 1. The third kappa shape index (κ3) is 2.51. The van der Waals surface area contributed by atoms with E-state index in [1.165, 1.54) is 37.7 Å². The molecule has 1 saturated carbocycles. The Morgan fingerprint density at radius 1 is 1.09 bits per heavy atom. The summed E-state index contributed by atoms with van der Waals surface area (Å²) in [4.78, 5) is 14.5. The molecule has 23 heavy (non-hydrogen) atoms. The van der Waals surface area contributed by atoms with Gasteiger partial charge in [-0.2, -0.15) is 0 Å². The van der Waals surface area contributed by atoms with Crippen molar-refractivity contribution in [2.45, 2.75) is 56.4 Å². The third-order valence-electron chi connectivity index (χ3n) is 6.22. The summed E-state index contributed by atoms with van der Waals surface area (Å²) >= 11 is 0. The largest absolute Gasteiger partial charge is 0.366 e. The summed E-state index contributed by atoms with van der Waals surface area (Å²) in [5.41, 5.74) is 8.77. The first-order valence-electron chi connectivity index (χ1n) is 9.06. The number of nitrogens with zero attached hydrogens (tertiary/aromatic N) is 1. The molecule has 3 nitrogen and oxygen atoms in total. The Labute approximate surface area is 138 Å². The Morgan fingerprint density at radius 3 is 2.48 bits per heavy atom. The van der Waals surface area contributed by atoms with Gasteiger partial charge in [0, 0.05) is 17.0 Å². The molecule has 3 heteroatoms. The van der Waals surface area contributed by atoms with E-state index in [4.69, 9.17) is 5.73 Å². The van der Waals surface area contributed by atoms with Crippen molar-refractivity contribution in [2.24, 2.45) is 5.73 Å². The number of allylic oxidation sites excluding steroid dienone is 1. The summed E-state index contributed by atoms with van der Waals surface area (Å²) < 4.78 is 0. The number of benzene rings is 1. The van der Waals surface area contributed by atoms with Crippen molar-refractivity contribution in [3.05, 3.63) is 41.5 Å². The van der Waals surface area contributed by atoms with Crippen LogP contribution in [0.2, 0.25) is 0 Å². The van der Waals surface area contributed by atoms with Gasteiger partial charge in [-0.15, -0.1) is 0 Å². The fraction of sp³-hybridized carbons (Fsp3) is 0.550. The van der Waals surface area contributed by atoms with Gasteiger partial charge in [0.05, 0.1) is 0 Å². The van der Waals surface area contributed by atoms with E-state index in [1.54, 1.807) is 0 Å². The number of rotatable bonds is 2. The molecule has 0 radical (unpaired) electrons. The number of carbonyl (C=O) groups is 1. The summed E-state index contributed by atoms with van der Waals surface area (Å²) in [5, 5.41) is 0. The molecule has 1 amide bonds. The first-order valence-corrected chi connectivity index (χ1v) is 9.06. The highest BCUT2D eigenvalue weighted by atomic mass is 16.1. The van der Waals surface area contributed by atoms with Crippen molar-refractivity contribution in [3.8, 4) is 0 Å². The van der Waals surface area contributed by atoms with Crippen LogP contribution in [0.3, 0.4) is 0 Å². The molecule has 2 fully saturated rings. The minimum absolute atomic E-state index is 0.0339. The van der Waals surface area contributed by atoms with E-state index in [9.17, 15) is 4.79 Å². The number of nitrogens with two attached hydrogens (primary N) is 1. The average molecular weight is 310 g/mol. The second-order valence-corrected chi connectivity index (χ2v) is 7.45. The normalized spacial score (nSPS) is 24.4. The Bertz CT molecular complexity index is 635. The minimum atomic E-state index is -0.288. The number of likely N-dealkylation sites (tertiary alicyclic amines) is 1. The molecular formula is C20H26N2O. The molecule has 2 N–H and O–H groups in total. The smallest absolute Gasteiger partial charge is 0.249 e. The SMILES string of the molecule is NC(=O)C1=CC2(CCN(C3CCCCC3)CC2)c2ccccc21. The summed E-state index contributed by atoms with van der Waals surface area (Å²) in [6, 6.07) is 9.13. The van der Waals surface area contributed by atoms with Gasteiger partial charge in [-0.1, -0.05) is 49.6 Å². The van der Waals surface area contributed by atoms with Gasteiger partial charge in [-0.3, -0.25) is 4.79 Å². The number of amides is 1. The fourth-order valence-corrected chi connectivity index (χ4v) is 4.94. The zero-order chi connectivity index (χ0) is 15.9. The molecular weight excluding hydrogens is 284 g/mol. The van der Waals surface area contributed by atoms with Crippen LogP contribution in [0, 0.1) is 0 Å². The second kappa shape index (κ2) is 5.79. The predicted molar refractivity (Wildman–Crippen MR) is 93.0 cm³/mol. The number of hydrogen-bond acceptors (Lipinski definition) is 2. The van der Waals surface area contributed by atoms with Gasteiger partial charge < -0.3 is 10.6 Å². The summed E-state index contributed by atoms with van der Waals surface area (Å²) in [6.45, 7) is 2.28. The lowest BCUT2D eigenvalue weighted by Gasteiger charge is -2.43. The second-order valence-electron chi connectivity index (χ2n) is 7.45. The molecule has 1 aromatic rings. The van der Waals surface area contributed by atoms with Crippen LogP contribution in [0.4, 0.5) is 0 Å². The highest BCUT2D eigenvalue weighted by Crippen LogP contribution is 2.47. The molecule has 0 unspecified atom stereocenters. The van der Waals surface area contributed by atoms with Gasteiger partial charge in [-0.05, 0) is 49.9 Å². The summed E-state index contributed by atoms with van der Waals surface area (Å²) in [6.07, 6.45) is 11.3. The van der Waals surface area contributed by atoms with E-state index in [-0.39, 0.29) is 11.3 Å². The molecule has 1 aliphatic heterocycles. The maximum absolute atomic E-state index is 11.8. The molecule has 0 aromatic heterocycles. The molecule has 1 saturated heterocycles. The van der Waals surface area contributed by atoms with Crippen LogP contribution in [-0.2, 0) is 10.2 Å². The Morgan fingerprint density at radius 2 is 1.78 bits per heavy atom. The van der Waals surface area contributed by atoms with Crippen molar-refractivity contribution in [2.75, 3.05) is 13.1 Å². The Balaban J connectivity index is 1.57. The molecule has 122 valence electrons. The summed E-state index contributed by atoms with van der Waals surface area (Å²) in [5.74, 6) is -0.288. The van der Waals surface area contributed by atoms with Gasteiger partial charge in [0.1, 0.15) is 0 Å². The lowest BCUT2D eigenvalue weighted by atomic mass is 9.74. The van der Waals surface area contributed by atoms with Crippen LogP contribution >= 0.6 is 0 Å². The fourth-order valence-electron chi connectivity index (χ4n) is 4.94. The number of hydrogen-bond donors (Lipinski definition) is 1. The molecule has 2 aliphatic carbocycles. The van der Waals surface area contributed by atoms with E-state index in [1.807, 2.05) is 12.1 Å². The van der Waals surface area contributed by atoms with Gasteiger partial charge >= 0.3 is 0 Å². The van der Waals surface area contributed by atoms with Crippen molar-refractivity contribution < 1.29 is 4.79 Å². The maximum atomic E-state index is 11.8. The highest BCUT2D eigenvalue weighted by Gasteiger charge is 2.42. The van der Waals surface area contributed by atoms with E-state index >= 15 is 0 Å². The van der Waals surface area contributed by atoms with Gasteiger partial charge in [0.2, 0.25) is 5.91 Å². The standard InChI is InChI=1S/C20H26N2O/c21-19(23)17-14-20(18-9-5-4-8-16(17)18)10-12-22(13-11-20)15-6-2-1-3-7-15/h4-5,8-9,14-15H,1-3,6-7,10-13H2,(H2,21,23). The Kier molecular flexibility index (Phi) is 3.76. The molecule has 1 spiro atoms. The monoisotopic (exact) mass is 310 g/mol. The van der Waals surface area contributed by atoms with Crippen LogP contribution in [0.1, 0.15) is 56.1 Å². The van der Waals surface area contributed by atoms with Gasteiger partial charge in [0.25, 0.3) is 0 Å². The van der Waals surface area contributed by atoms with Crippen molar-refractivity contribution in [1.29, 1.82) is 0 Å². The van der Waals surface area contributed by atoms with Crippen LogP contribution < -0.4 is 5.73 Å². The van der Waals surface area contributed by atoms with Gasteiger partial charge in [0.15, 0.2) is 0 Å². The summed E-state index contributed by atoms with van der Waals surface area (Å²) in [7, 11) is 0. The van der Waals surface area contributed by atoms with Crippen LogP contribution in [0.25, 0.3) is 5.57 Å². The zero-order valence-electron chi connectivity index (χ0n) is 13.8. The van der Waals surface area contributed by atoms with Crippen molar-refractivity contribution in [1.82, 2.24) is 4.90 Å². The molecule has 1 heterocycles. The van der Waals surface area contributed by atoms with Crippen LogP contribution in [0.15, 0.2) is 30.3 Å². The maximum Gasteiger partial charge on any atom is 0.249 e. The van der Waals surface area contributed by atoms with E-state index in [2.05, 4.69) is 23.1 Å². The first-order chi connectivity index (χ1) is 11.2. The van der Waals surface area contributed by atoms with E-state index in [0.717, 1.165) is 43.1 Å².